The van der Waals surface area contributed by atoms with Crippen LogP contribution in [0.4, 0.5) is 0 Å². The summed E-state index contributed by atoms with van der Waals surface area (Å²) in [5, 5.41) is 31.3. The highest BCUT2D eigenvalue weighted by atomic mass is 16.7. The molecule has 0 amide bonds. The van der Waals surface area contributed by atoms with Gasteiger partial charge in [0.1, 0.15) is 6.10 Å². The molecule has 0 radical (unpaired) electrons. The zero-order chi connectivity index (χ0) is 11.4. The van der Waals surface area contributed by atoms with Crippen LogP contribution in [-0.4, -0.2) is 59.7 Å². The van der Waals surface area contributed by atoms with Crippen LogP contribution >= 0.6 is 0 Å². The molecule has 0 saturated carbocycles. The first-order chi connectivity index (χ1) is 7.15. The average molecular weight is 219 g/mol. The SMILES string of the molecule is CO[C@@H]1O[C@H](CO)[C@@H](N=[N+]=[N-])[C@H](O)[C@H]1O. The van der Waals surface area contributed by atoms with Gasteiger partial charge in [-0.05, 0) is 5.53 Å². The van der Waals surface area contributed by atoms with Crippen molar-refractivity contribution in [1.82, 2.24) is 0 Å². The van der Waals surface area contributed by atoms with E-state index in [2.05, 4.69) is 10.0 Å². The third kappa shape index (κ3) is 2.37. The maximum atomic E-state index is 9.59. The van der Waals surface area contributed by atoms with Crippen LogP contribution in [0.25, 0.3) is 10.4 Å². The second-order valence-electron chi connectivity index (χ2n) is 3.14. The molecule has 15 heavy (non-hydrogen) atoms. The maximum absolute atomic E-state index is 9.59. The lowest BCUT2D eigenvalue weighted by Gasteiger charge is -2.39. The molecule has 0 spiro atoms. The number of aliphatic hydroxyl groups excluding tert-OH is 3. The molecule has 1 aliphatic heterocycles. The topological polar surface area (TPSA) is 128 Å². The van der Waals surface area contributed by atoms with Crippen molar-refractivity contribution in [3.63, 3.8) is 0 Å². The fraction of sp³-hybridized carbons (Fsp3) is 1.00. The summed E-state index contributed by atoms with van der Waals surface area (Å²) in [5.41, 5.74) is 8.26. The zero-order valence-corrected chi connectivity index (χ0v) is 8.09. The van der Waals surface area contributed by atoms with Crippen LogP contribution in [0.5, 0.6) is 0 Å². The van der Waals surface area contributed by atoms with Crippen molar-refractivity contribution in [3.05, 3.63) is 10.4 Å². The van der Waals surface area contributed by atoms with E-state index < -0.39 is 37.3 Å². The Balaban J connectivity index is 2.83. The lowest BCUT2D eigenvalue weighted by atomic mass is 9.97. The van der Waals surface area contributed by atoms with Gasteiger partial charge in [0, 0.05) is 12.0 Å². The van der Waals surface area contributed by atoms with E-state index in [0.717, 1.165) is 0 Å². The highest BCUT2D eigenvalue weighted by Gasteiger charge is 2.43. The third-order valence-corrected chi connectivity index (χ3v) is 2.27. The van der Waals surface area contributed by atoms with Crippen molar-refractivity contribution < 1.29 is 24.8 Å². The van der Waals surface area contributed by atoms with Crippen LogP contribution in [0.2, 0.25) is 0 Å². The van der Waals surface area contributed by atoms with Crippen molar-refractivity contribution in [2.24, 2.45) is 5.11 Å². The molecule has 1 saturated heterocycles. The molecule has 0 bridgehead atoms. The molecule has 5 atom stereocenters. The zero-order valence-electron chi connectivity index (χ0n) is 8.09. The summed E-state index contributed by atoms with van der Waals surface area (Å²) in [4.78, 5) is 2.52. The molecule has 1 heterocycles. The highest BCUT2D eigenvalue weighted by Crippen LogP contribution is 2.23. The largest absolute Gasteiger partial charge is 0.394 e. The molecule has 1 fully saturated rings. The molecule has 86 valence electrons. The molecule has 0 aromatic carbocycles. The number of methoxy groups -OCH3 is 1. The van der Waals surface area contributed by atoms with Gasteiger partial charge in [-0.25, -0.2) is 0 Å². The minimum absolute atomic E-state index is 0.437. The van der Waals surface area contributed by atoms with Crippen LogP contribution in [0.1, 0.15) is 0 Å². The lowest BCUT2D eigenvalue weighted by Crippen LogP contribution is -2.58. The molecule has 0 aromatic heterocycles. The second-order valence-corrected chi connectivity index (χ2v) is 3.14. The summed E-state index contributed by atoms with van der Waals surface area (Å²) < 4.78 is 9.84. The van der Waals surface area contributed by atoms with Gasteiger partial charge >= 0.3 is 0 Å². The molecule has 3 N–H and O–H groups in total. The van der Waals surface area contributed by atoms with Gasteiger partial charge in [0.05, 0.1) is 24.9 Å². The van der Waals surface area contributed by atoms with Crippen molar-refractivity contribution in [3.8, 4) is 0 Å². The van der Waals surface area contributed by atoms with E-state index >= 15 is 0 Å². The summed E-state index contributed by atoms with van der Waals surface area (Å²) in [7, 11) is 1.29. The Morgan fingerprint density at radius 3 is 2.60 bits per heavy atom. The normalized spacial score (nSPS) is 40.9. The Kier molecular flexibility index (Phi) is 4.28. The van der Waals surface area contributed by atoms with Crippen LogP contribution < -0.4 is 0 Å². The van der Waals surface area contributed by atoms with Crippen molar-refractivity contribution in [2.45, 2.75) is 30.6 Å². The van der Waals surface area contributed by atoms with Crippen LogP contribution in [-0.2, 0) is 9.47 Å². The van der Waals surface area contributed by atoms with E-state index in [9.17, 15) is 10.2 Å². The van der Waals surface area contributed by atoms with Gasteiger partial charge in [-0.15, -0.1) is 0 Å². The molecule has 8 nitrogen and oxygen atoms in total. The van der Waals surface area contributed by atoms with E-state index in [1.54, 1.807) is 0 Å². The van der Waals surface area contributed by atoms with E-state index in [1.807, 2.05) is 0 Å². The Morgan fingerprint density at radius 1 is 1.47 bits per heavy atom. The molecule has 8 heteroatoms. The molecular formula is C7H13N3O5. The Hall–Kier alpha value is -0.890. The average Bonchev–Trinajstić information content (AvgIpc) is 2.25. The number of hydrogen-bond donors (Lipinski definition) is 3. The van der Waals surface area contributed by atoms with Gasteiger partial charge < -0.3 is 24.8 Å². The predicted octanol–water partition coefficient (Wildman–Crippen LogP) is -1.25. The first-order valence-electron chi connectivity index (χ1n) is 4.35. The van der Waals surface area contributed by atoms with Gasteiger partial charge in [-0.3, -0.25) is 0 Å². The number of ether oxygens (including phenoxy) is 2. The van der Waals surface area contributed by atoms with E-state index in [0.29, 0.717) is 0 Å². The van der Waals surface area contributed by atoms with Gasteiger partial charge in [0.2, 0.25) is 0 Å². The van der Waals surface area contributed by atoms with Crippen LogP contribution in [0, 0.1) is 0 Å². The summed E-state index contributed by atoms with van der Waals surface area (Å²) in [5.74, 6) is 0. The first-order valence-corrected chi connectivity index (χ1v) is 4.35. The monoisotopic (exact) mass is 219 g/mol. The molecule has 1 aliphatic rings. The van der Waals surface area contributed by atoms with Gasteiger partial charge in [-0.1, -0.05) is 5.11 Å². The predicted molar refractivity (Wildman–Crippen MR) is 47.7 cm³/mol. The van der Waals surface area contributed by atoms with Crippen LogP contribution in [0.3, 0.4) is 0 Å². The number of nitrogens with zero attached hydrogens (tertiary/aromatic N) is 3. The lowest BCUT2D eigenvalue weighted by molar-refractivity contribution is -0.268. The van der Waals surface area contributed by atoms with Gasteiger partial charge in [0.15, 0.2) is 6.29 Å². The molecule has 0 aromatic rings. The summed E-state index contributed by atoms with van der Waals surface area (Å²) >= 11 is 0. The number of aliphatic hydroxyl groups is 3. The Morgan fingerprint density at radius 2 is 2.13 bits per heavy atom. The Bertz CT molecular complexity index is 255. The molecule has 0 aliphatic carbocycles. The number of rotatable bonds is 3. The van der Waals surface area contributed by atoms with Gasteiger partial charge in [-0.2, -0.15) is 0 Å². The van der Waals surface area contributed by atoms with E-state index in [1.165, 1.54) is 7.11 Å². The summed E-state index contributed by atoms with van der Waals surface area (Å²) in [6, 6.07) is -1.03. The molecule has 0 unspecified atom stereocenters. The second kappa shape index (κ2) is 5.26. The maximum Gasteiger partial charge on any atom is 0.186 e. The fourth-order valence-corrected chi connectivity index (χ4v) is 1.46. The Labute approximate surface area is 85.7 Å². The van der Waals surface area contributed by atoms with Crippen LogP contribution in [0.15, 0.2) is 5.11 Å². The minimum atomic E-state index is -1.32. The number of azide groups is 1. The molecule has 1 rings (SSSR count). The standard InChI is InChI=1S/C7H13N3O5/c1-14-7-6(13)5(12)4(9-10-8)3(2-11)15-7/h3-7,11-13H,2H2,1H3/t3-,4-,5+,6-,7-/m1/s1. The van der Waals surface area contributed by atoms with Gasteiger partial charge in [0.25, 0.3) is 0 Å². The first kappa shape index (κ1) is 12.2. The van der Waals surface area contributed by atoms with E-state index in [4.69, 9.17) is 20.1 Å². The van der Waals surface area contributed by atoms with Crippen molar-refractivity contribution >= 4 is 0 Å². The minimum Gasteiger partial charge on any atom is -0.394 e. The highest BCUT2D eigenvalue weighted by molar-refractivity contribution is 4.93. The number of hydrogen-bond acceptors (Lipinski definition) is 6. The fourth-order valence-electron chi connectivity index (χ4n) is 1.46. The smallest absolute Gasteiger partial charge is 0.186 e. The summed E-state index contributed by atoms with van der Waals surface area (Å²) in [6.07, 6.45) is -4.56. The summed E-state index contributed by atoms with van der Waals surface area (Å²) in [6.45, 7) is -0.437. The van der Waals surface area contributed by atoms with E-state index in [-0.39, 0.29) is 0 Å². The third-order valence-electron chi connectivity index (χ3n) is 2.27. The molecular weight excluding hydrogens is 206 g/mol. The van der Waals surface area contributed by atoms with Crippen molar-refractivity contribution in [1.29, 1.82) is 0 Å². The quantitative estimate of drug-likeness (QED) is 0.310. The van der Waals surface area contributed by atoms with Crippen molar-refractivity contribution in [2.75, 3.05) is 13.7 Å².